The summed E-state index contributed by atoms with van der Waals surface area (Å²) in [6, 6.07) is 0. The molecule has 1 unspecified atom stereocenters. The molecule has 14 heteroatoms. The summed E-state index contributed by atoms with van der Waals surface area (Å²) in [5, 5.41) is -4.89. The first-order valence-corrected chi connectivity index (χ1v) is 8.78. The fourth-order valence-electron chi connectivity index (χ4n) is 1.39. The van der Waals surface area contributed by atoms with E-state index in [4.69, 9.17) is 4.55 Å². The maximum atomic E-state index is 13.6. The number of hydrogen-bond donors (Lipinski definition) is 1. The van der Waals surface area contributed by atoms with Crippen molar-refractivity contribution in [1.29, 1.82) is 0 Å². The topological polar surface area (TPSA) is 116 Å². The van der Waals surface area contributed by atoms with E-state index in [0.29, 0.717) is 0 Å². The second kappa shape index (κ2) is 8.29. The van der Waals surface area contributed by atoms with Crippen LogP contribution in [0.3, 0.4) is 0 Å². The van der Waals surface area contributed by atoms with E-state index < -0.39 is 63.5 Å². The lowest BCUT2D eigenvalue weighted by Crippen LogP contribution is -2.59. The molecule has 164 valence electrons. The molecule has 0 amide bonds. The average molecular weight is 442 g/mol. The number of halogens is 5. The Bertz CT molecular complexity index is 723. The number of esters is 2. The highest BCUT2D eigenvalue weighted by atomic mass is 32.2. The van der Waals surface area contributed by atoms with Crippen LogP contribution in [0.25, 0.3) is 0 Å². The molecule has 0 radical (unpaired) electrons. The quantitative estimate of drug-likeness (QED) is 0.201. The lowest BCUT2D eigenvalue weighted by molar-refractivity contribution is -0.357. The first-order chi connectivity index (χ1) is 12.2. The van der Waals surface area contributed by atoms with Crippen molar-refractivity contribution in [2.45, 2.75) is 56.9 Å². The highest BCUT2D eigenvalue weighted by Crippen LogP contribution is 2.38. The molecule has 0 aromatic heterocycles. The molecule has 8 nitrogen and oxygen atoms in total. The summed E-state index contributed by atoms with van der Waals surface area (Å²) in [4.78, 5) is 23.7. The molecule has 0 aromatic carbocycles. The monoisotopic (exact) mass is 442 g/mol. The van der Waals surface area contributed by atoms with Gasteiger partial charge in [-0.05, 0) is 27.7 Å². The van der Waals surface area contributed by atoms with Crippen LogP contribution in [0, 0.1) is 0 Å². The SMILES string of the molecule is C=C(C)C(=O)OC(OCCC(F)(F)S(=O)(=O)O)(C(=O)OC(C)(C)C)C(F)(F)F. The summed E-state index contributed by atoms with van der Waals surface area (Å²) < 4.78 is 109. The van der Waals surface area contributed by atoms with Crippen LogP contribution in [-0.2, 0) is 33.9 Å². The molecule has 0 aliphatic heterocycles. The summed E-state index contributed by atoms with van der Waals surface area (Å²) in [5.41, 5.74) is -2.13. The van der Waals surface area contributed by atoms with Crippen molar-refractivity contribution in [3.8, 4) is 0 Å². The van der Waals surface area contributed by atoms with Crippen molar-refractivity contribution < 1.29 is 58.7 Å². The Morgan fingerprint density at radius 2 is 1.50 bits per heavy atom. The van der Waals surface area contributed by atoms with Gasteiger partial charge in [-0.25, -0.2) is 9.59 Å². The maximum Gasteiger partial charge on any atom is 0.468 e. The Morgan fingerprint density at radius 3 is 1.82 bits per heavy atom. The molecule has 1 atom stereocenters. The highest BCUT2D eigenvalue weighted by molar-refractivity contribution is 7.86. The van der Waals surface area contributed by atoms with Crippen molar-refractivity contribution >= 4 is 22.1 Å². The third kappa shape index (κ3) is 6.67. The molecule has 0 saturated carbocycles. The number of carbonyl (C=O) groups excluding carboxylic acids is 2. The smallest absolute Gasteiger partial charge is 0.455 e. The number of ether oxygens (including phenoxy) is 3. The molecule has 1 N–H and O–H groups in total. The summed E-state index contributed by atoms with van der Waals surface area (Å²) in [5.74, 6) is -8.53. The molecule has 0 aliphatic rings. The minimum absolute atomic E-state index is 0.593. The van der Waals surface area contributed by atoms with Crippen molar-refractivity contribution in [3.63, 3.8) is 0 Å². The maximum absolute atomic E-state index is 13.6. The number of carbonyl (C=O) groups is 2. The predicted molar refractivity (Wildman–Crippen MR) is 82.6 cm³/mol. The Kier molecular flexibility index (Phi) is 7.75. The van der Waals surface area contributed by atoms with Crippen molar-refractivity contribution in [2.24, 2.45) is 0 Å². The molecule has 0 saturated heterocycles. The molecule has 28 heavy (non-hydrogen) atoms. The van der Waals surface area contributed by atoms with Gasteiger partial charge in [0.15, 0.2) is 0 Å². The van der Waals surface area contributed by atoms with Gasteiger partial charge in [-0.15, -0.1) is 0 Å². The van der Waals surface area contributed by atoms with E-state index >= 15 is 0 Å². The summed E-state index contributed by atoms with van der Waals surface area (Å²) in [6.07, 6.45) is -7.80. The van der Waals surface area contributed by atoms with Gasteiger partial charge in [0.2, 0.25) is 0 Å². The van der Waals surface area contributed by atoms with Gasteiger partial charge >= 0.3 is 39.3 Å². The summed E-state index contributed by atoms with van der Waals surface area (Å²) in [6.45, 7) is 5.69. The predicted octanol–water partition coefficient (Wildman–Crippen LogP) is 2.59. The molecular formula is C14H19F5O8S. The van der Waals surface area contributed by atoms with Gasteiger partial charge in [0, 0.05) is 5.57 Å². The van der Waals surface area contributed by atoms with Crippen LogP contribution in [0.4, 0.5) is 22.0 Å². The van der Waals surface area contributed by atoms with E-state index in [1.54, 1.807) is 0 Å². The third-order valence-electron chi connectivity index (χ3n) is 2.70. The zero-order valence-corrected chi connectivity index (χ0v) is 16.0. The van der Waals surface area contributed by atoms with Crippen molar-refractivity contribution in [3.05, 3.63) is 12.2 Å². The van der Waals surface area contributed by atoms with Gasteiger partial charge in [0.25, 0.3) is 0 Å². The fourth-order valence-corrected chi connectivity index (χ4v) is 1.73. The number of rotatable bonds is 8. The number of hydrogen-bond acceptors (Lipinski definition) is 7. The van der Waals surface area contributed by atoms with E-state index in [1.165, 1.54) is 20.8 Å². The zero-order valence-electron chi connectivity index (χ0n) is 15.2. The molecule has 0 fully saturated rings. The Labute approximate surface area is 157 Å². The second-order valence-electron chi connectivity index (χ2n) is 6.50. The Hall–Kier alpha value is -1.80. The lowest BCUT2D eigenvalue weighted by atomic mass is 10.1. The molecule has 0 bridgehead atoms. The molecule has 0 heterocycles. The standard InChI is InChI=1S/C14H19F5O8S/c1-8(2)9(20)26-13(14(17,18)19,10(21)27-11(3,4)5)25-7-6-12(15,16)28(22,23)24/h1,6-7H2,2-5H3,(H,22,23,24). The van der Waals surface area contributed by atoms with Crippen molar-refractivity contribution in [1.82, 2.24) is 0 Å². The first-order valence-electron chi connectivity index (χ1n) is 7.34. The molecule has 0 spiro atoms. The Morgan fingerprint density at radius 1 is 1.04 bits per heavy atom. The Balaban J connectivity index is 6.02. The van der Waals surface area contributed by atoms with Crippen LogP contribution in [0.5, 0.6) is 0 Å². The van der Waals surface area contributed by atoms with Crippen LogP contribution in [0.1, 0.15) is 34.1 Å². The van der Waals surface area contributed by atoms with E-state index in [0.717, 1.165) is 6.92 Å². The van der Waals surface area contributed by atoms with Gasteiger partial charge in [-0.3, -0.25) is 4.55 Å². The number of alkyl halides is 5. The third-order valence-corrected chi connectivity index (χ3v) is 3.66. The van der Waals surface area contributed by atoms with Gasteiger partial charge in [-0.2, -0.15) is 30.4 Å². The van der Waals surface area contributed by atoms with Gasteiger partial charge in [0.1, 0.15) is 5.60 Å². The minimum Gasteiger partial charge on any atom is -0.455 e. The zero-order chi connectivity index (χ0) is 22.8. The largest absolute Gasteiger partial charge is 0.468 e. The van der Waals surface area contributed by atoms with E-state index in [1.807, 2.05) is 0 Å². The lowest BCUT2D eigenvalue weighted by Gasteiger charge is -2.34. The van der Waals surface area contributed by atoms with Gasteiger partial charge < -0.3 is 14.2 Å². The van der Waals surface area contributed by atoms with Crippen LogP contribution in [0.2, 0.25) is 0 Å². The molecule has 0 rings (SSSR count). The van der Waals surface area contributed by atoms with Crippen LogP contribution in [-0.4, -0.2) is 54.3 Å². The van der Waals surface area contributed by atoms with Gasteiger partial charge in [-0.1, -0.05) is 6.58 Å². The van der Waals surface area contributed by atoms with E-state index in [9.17, 15) is 40.0 Å². The second-order valence-corrected chi connectivity index (χ2v) is 8.04. The van der Waals surface area contributed by atoms with Gasteiger partial charge in [0.05, 0.1) is 13.0 Å². The van der Waals surface area contributed by atoms with Crippen LogP contribution in [0.15, 0.2) is 12.2 Å². The molecular weight excluding hydrogens is 423 g/mol. The van der Waals surface area contributed by atoms with Crippen LogP contribution < -0.4 is 0 Å². The normalized spacial score (nSPS) is 15.5. The summed E-state index contributed by atoms with van der Waals surface area (Å²) >= 11 is 0. The molecule has 0 aliphatic carbocycles. The van der Waals surface area contributed by atoms with Crippen molar-refractivity contribution in [2.75, 3.05) is 6.61 Å². The molecule has 0 aromatic rings. The highest BCUT2D eigenvalue weighted by Gasteiger charge is 2.68. The minimum atomic E-state index is -5.97. The first kappa shape index (κ1) is 26.2. The summed E-state index contributed by atoms with van der Waals surface area (Å²) in [7, 11) is -5.97. The average Bonchev–Trinajstić information content (AvgIpc) is 2.40. The fraction of sp³-hybridized carbons (Fsp3) is 0.714. The van der Waals surface area contributed by atoms with E-state index in [2.05, 4.69) is 20.8 Å². The van der Waals surface area contributed by atoms with Crippen LogP contribution >= 0.6 is 0 Å². The van der Waals surface area contributed by atoms with E-state index in [-0.39, 0.29) is 0 Å².